The van der Waals surface area contributed by atoms with Crippen molar-refractivity contribution in [2.24, 2.45) is 4.99 Å². The normalized spacial score (nSPS) is 13.2. The van der Waals surface area contributed by atoms with Crippen molar-refractivity contribution < 1.29 is 22.7 Å². The Bertz CT molecular complexity index is 1270. The quantitative estimate of drug-likeness (QED) is 0.163. The lowest BCUT2D eigenvalue weighted by molar-refractivity contribution is -0.274. The first-order valence-electron chi connectivity index (χ1n) is 13.4. The first-order valence-corrected chi connectivity index (χ1v) is 13.4. The van der Waals surface area contributed by atoms with Crippen LogP contribution in [0.3, 0.4) is 0 Å². The minimum atomic E-state index is -4.72. The number of benzene rings is 2. The van der Waals surface area contributed by atoms with E-state index < -0.39 is 6.36 Å². The lowest BCUT2D eigenvalue weighted by Crippen LogP contribution is -2.29. The summed E-state index contributed by atoms with van der Waals surface area (Å²) in [4.78, 5) is 26.9. The second kappa shape index (κ2) is 14.6. The van der Waals surface area contributed by atoms with Gasteiger partial charge in [-0.25, -0.2) is 4.98 Å². The maximum Gasteiger partial charge on any atom is 0.573 e. The van der Waals surface area contributed by atoms with E-state index in [1.807, 2.05) is 36.7 Å². The Morgan fingerprint density at radius 1 is 1.02 bits per heavy atom. The fourth-order valence-electron chi connectivity index (χ4n) is 4.54. The number of aromatic amines is 1. The molecule has 0 saturated carbocycles. The molecule has 2 N–H and O–H groups in total. The van der Waals surface area contributed by atoms with Crippen LogP contribution in [0.25, 0.3) is 0 Å². The number of aromatic nitrogens is 2. The maximum atomic E-state index is 12.7. The lowest BCUT2D eigenvalue weighted by atomic mass is 10.0. The van der Waals surface area contributed by atoms with Crippen LogP contribution in [0.5, 0.6) is 5.75 Å². The monoisotopic (exact) mass is 553 g/mol. The van der Waals surface area contributed by atoms with Gasteiger partial charge >= 0.3 is 6.36 Å². The second-order valence-electron chi connectivity index (χ2n) is 9.73. The van der Waals surface area contributed by atoms with Gasteiger partial charge in [0.1, 0.15) is 11.6 Å². The van der Waals surface area contributed by atoms with Crippen LogP contribution in [0, 0.1) is 0 Å². The first-order chi connectivity index (χ1) is 19.4. The van der Waals surface area contributed by atoms with Crippen LogP contribution >= 0.6 is 0 Å². The van der Waals surface area contributed by atoms with Gasteiger partial charge in [-0.1, -0.05) is 55.0 Å². The summed E-state index contributed by atoms with van der Waals surface area (Å²) in [6.07, 6.45) is 6.48. The van der Waals surface area contributed by atoms with Gasteiger partial charge in [-0.15, -0.1) is 13.2 Å². The molecule has 40 heavy (non-hydrogen) atoms. The van der Waals surface area contributed by atoms with Crippen LogP contribution in [0.2, 0.25) is 0 Å². The summed E-state index contributed by atoms with van der Waals surface area (Å²) < 4.78 is 41.7. The fourth-order valence-corrected chi connectivity index (χ4v) is 4.54. The van der Waals surface area contributed by atoms with Crippen LogP contribution < -0.4 is 10.1 Å². The third-order valence-corrected chi connectivity index (χ3v) is 6.50. The zero-order valence-electron chi connectivity index (χ0n) is 22.3. The number of rotatable bonds is 16. The molecule has 212 valence electrons. The number of unbranched alkanes of at least 4 members (excludes halogenated alkanes) is 2. The van der Waals surface area contributed by atoms with Gasteiger partial charge in [-0.3, -0.25) is 14.7 Å². The van der Waals surface area contributed by atoms with Gasteiger partial charge in [0, 0.05) is 67.9 Å². The SMILES string of the molecule is O=C(CCCCCNCc1ccccc1OC(F)(F)F)c1ccc(CN(CC2=NC=CC2)Cc2ncc[nH]2)cc1. The molecule has 0 fully saturated rings. The molecule has 4 rings (SSSR count). The second-order valence-corrected chi connectivity index (χ2v) is 9.73. The Hall–Kier alpha value is -3.76. The molecule has 7 nitrogen and oxygen atoms in total. The van der Waals surface area contributed by atoms with Crippen LogP contribution in [0.4, 0.5) is 13.2 Å². The molecule has 10 heteroatoms. The number of nitrogens with zero attached hydrogens (tertiary/aromatic N) is 3. The number of aliphatic imine (C=N–C) groups is 1. The van der Waals surface area contributed by atoms with Crippen molar-refractivity contribution in [3.63, 3.8) is 0 Å². The van der Waals surface area contributed by atoms with Crippen molar-refractivity contribution in [3.8, 4) is 5.75 Å². The number of nitrogens with one attached hydrogen (secondary N) is 2. The van der Waals surface area contributed by atoms with Gasteiger partial charge < -0.3 is 15.0 Å². The number of allylic oxidation sites excluding steroid dienone is 1. The lowest BCUT2D eigenvalue weighted by Gasteiger charge is -2.21. The highest BCUT2D eigenvalue weighted by Gasteiger charge is 2.31. The van der Waals surface area contributed by atoms with Crippen molar-refractivity contribution in [2.45, 2.75) is 58.1 Å². The summed E-state index contributed by atoms with van der Waals surface area (Å²) in [6, 6.07) is 13.9. The minimum absolute atomic E-state index is 0.108. The summed E-state index contributed by atoms with van der Waals surface area (Å²) >= 11 is 0. The third kappa shape index (κ3) is 9.77. The Labute approximate surface area is 232 Å². The van der Waals surface area contributed by atoms with Gasteiger partial charge in [-0.05, 0) is 31.0 Å². The molecule has 0 aliphatic carbocycles. The molecule has 2 heterocycles. The first kappa shape index (κ1) is 29.2. The topological polar surface area (TPSA) is 82.6 Å². The summed E-state index contributed by atoms with van der Waals surface area (Å²) in [5, 5.41) is 3.15. The molecule has 1 aromatic heterocycles. The van der Waals surface area contributed by atoms with Crippen molar-refractivity contribution in [1.82, 2.24) is 20.2 Å². The Balaban J connectivity index is 1.16. The molecule has 1 aliphatic heterocycles. The molecule has 2 aromatic carbocycles. The largest absolute Gasteiger partial charge is 0.573 e. The van der Waals surface area contributed by atoms with Gasteiger partial charge in [0.2, 0.25) is 0 Å². The molecular weight excluding hydrogens is 519 g/mol. The number of H-pyrrole nitrogens is 1. The van der Waals surface area contributed by atoms with Crippen molar-refractivity contribution >= 4 is 11.5 Å². The molecule has 0 radical (unpaired) electrons. The van der Waals surface area contributed by atoms with Crippen LogP contribution in [-0.2, 0) is 19.6 Å². The Morgan fingerprint density at radius 2 is 1.85 bits per heavy atom. The number of imidazole rings is 1. The van der Waals surface area contributed by atoms with Crippen molar-refractivity contribution in [1.29, 1.82) is 0 Å². The molecule has 0 saturated heterocycles. The molecule has 3 aromatic rings. The number of Topliss-reactive ketones (excluding diaryl/α,β-unsaturated/α-hetero) is 1. The number of ketones is 1. The summed E-state index contributed by atoms with van der Waals surface area (Å²) in [5.74, 6) is 0.815. The fraction of sp³-hybridized carbons (Fsp3) is 0.367. The summed E-state index contributed by atoms with van der Waals surface area (Å²) in [5.41, 5.74) is 3.38. The zero-order chi connectivity index (χ0) is 28.2. The maximum absolute atomic E-state index is 12.7. The Morgan fingerprint density at radius 3 is 2.58 bits per heavy atom. The van der Waals surface area contributed by atoms with E-state index in [1.165, 1.54) is 12.1 Å². The van der Waals surface area contributed by atoms with E-state index in [1.54, 1.807) is 18.3 Å². The molecule has 1 aliphatic rings. The van der Waals surface area contributed by atoms with E-state index in [9.17, 15) is 18.0 Å². The highest BCUT2D eigenvalue weighted by Crippen LogP contribution is 2.26. The number of hydrogen-bond acceptors (Lipinski definition) is 6. The molecular formula is C30H34F3N5O2. The van der Waals surface area contributed by atoms with Gasteiger partial charge in [0.05, 0.1) is 6.54 Å². The van der Waals surface area contributed by atoms with E-state index in [0.717, 1.165) is 49.3 Å². The predicted octanol–water partition coefficient (Wildman–Crippen LogP) is 6.20. The predicted molar refractivity (Wildman–Crippen MR) is 148 cm³/mol. The smallest absolute Gasteiger partial charge is 0.405 e. The van der Waals surface area contributed by atoms with Crippen LogP contribution in [0.1, 0.15) is 59.4 Å². The Kier molecular flexibility index (Phi) is 10.7. The summed E-state index contributed by atoms with van der Waals surface area (Å²) in [7, 11) is 0. The molecule has 0 unspecified atom stereocenters. The van der Waals surface area contributed by atoms with Crippen LogP contribution in [0.15, 0.2) is 78.2 Å². The highest BCUT2D eigenvalue weighted by molar-refractivity contribution is 5.96. The summed E-state index contributed by atoms with van der Waals surface area (Å²) in [6.45, 7) is 3.06. The van der Waals surface area contributed by atoms with E-state index >= 15 is 0 Å². The number of alkyl halides is 3. The van der Waals surface area contributed by atoms with E-state index in [0.29, 0.717) is 37.2 Å². The van der Waals surface area contributed by atoms with Gasteiger partial charge in [0.25, 0.3) is 0 Å². The average Bonchev–Trinajstić information content (AvgIpc) is 3.63. The van der Waals surface area contributed by atoms with E-state index in [4.69, 9.17) is 0 Å². The number of ether oxygens (including phenoxy) is 1. The molecule has 0 bridgehead atoms. The third-order valence-electron chi connectivity index (χ3n) is 6.50. The highest BCUT2D eigenvalue weighted by atomic mass is 19.4. The van der Waals surface area contributed by atoms with Crippen LogP contribution in [-0.4, -0.2) is 45.8 Å². The number of hydrogen-bond donors (Lipinski definition) is 2. The minimum Gasteiger partial charge on any atom is -0.405 e. The number of carbonyl (C=O) groups is 1. The van der Waals surface area contributed by atoms with Crippen molar-refractivity contribution in [2.75, 3.05) is 13.1 Å². The molecule has 0 spiro atoms. The van der Waals surface area contributed by atoms with Gasteiger partial charge in [-0.2, -0.15) is 0 Å². The van der Waals surface area contributed by atoms with E-state index in [-0.39, 0.29) is 18.1 Å². The zero-order valence-corrected chi connectivity index (χ0v) is 22.3. The standard InChI is InChI=1S/C30H34F3N5O2/c31-30(32,33)40-28-10-4-3-7-25(28)19-34-15-5-1-2-9-27(39)24-13-11-23(12-14-24)20-38(21-26-8-6-16-35-26)22-29-36-17-18-37-29/h3-4,6-7,10-14,16-18,34H,1-2,5,8-9,15,19-22H2,(H,36,37). The van der Waals surface area contributed by atoms with Crippen molar-refractivity contribution in [3.05, 3.63) is 95.7 Å². The number of carbonyl (C=O) groups excluding carboxylic acids is 1. The van der Waals surface area contributed by atoms with E-state index in [2.05, 4.69) is 36.0 Å². The number of halogens is 3. The molecule has 0 amide bonds. The molecule has 0 atom stereocenters. The number of para-hydroxylation sites is 1. The van der Waals surface area contributed by atoms with Gasteiger partial charge in [0.15, 0.2) is 5.78 Å². The average molecular weight is 554 g/mol.